The van der Waals surface area contributed by atoms with Gasteiger partial charge in [0.25, 0.3) is 0 Å². The van der Waals surface area contributed by atoms with Crippen molar-refractivity contribution >= 4 is 6.08 Å². The SMILES string of the molecule is COc1cc(OC)c(/C=C(/C)[N+](=O)[O-])c(OC)c1. The molecule has 0 bridgehead atoms. The fourth-order valence-corrected chi connectivity index (χ4v) is 1.44. The number of ether oxygens (including phenoxy) is 3. The van der Waals surface area contributed by atoms with E-state index in [9.17, 15) is 10.1 Å². The number of nitrogens with zero attached hydrogens (tertiary/aromatic N) is 1. The van der Waals surface area contributed by atoms with Crippen LogP contribution in [0.3, 0.4) is 0 Å². The van der Waals surface area contributed by atoms with Gasteiger partial charge < -0.3 is 14.2 Å². The number of rotatable bonds is 5. The molecule has 6 nitrogen and oxygen atoms in total. The molecule has 0 atom stereocenters. The molecule has 0 fully saturated rings. The van der Waals surface area contributed by atoms with Crippen LogP contribution in [-0.2, 0) is 0 Å². The number of methoxy groups -OCH3 is 3. The first-order chi connectivity index (χ1) is 8.53. The third-order valence-electron chi connectivity index (χ3n) is 2.39. The van der Waals surface area contributed by atoms with E-state index in [2.05, 4.69) is 0 Å². The van der Waals surface area contributed by atoms with Gasteiger partial charge in [-0.25, -0.2) is 0 Å². The second kappa shape index (κ2) is 5.90. The summed E-state index contributed by atoms with van der Waals surface area (Å²) in [6.45, 7) is 1.41. The molecule has 0 saturated carbocycles. The van der Waals surface area contributed by atoms with Gasteiger partial charge in [0, 0.05) is 25.1 Å². The molecule has 1 aromatic rings. The van der Waals surface area contributed by atoms with Crippen LogP contribution >= 0.6 is 0 Å². The van der Waals surface area contributed by atoms with Crippen molar-refractivity contribution < 1.29 is 19.1 Å². The Balaban J connectivity index is 3.40. The van der Waals surface area contributed by atoms with E-state index in [0.717, 1.165) is 0 Å². The predicted octanol–water partition coefficient (Wildman–Crippen LogP) is 2.35. The van der Waals surface area contributed by atoms with Crippen LogP contribution in [0, 0.1) is 10.1 Å². The van der Waals surface area contributed by atoms with Crippen molar-refractivity contribution in [2.45, 2.75) is 6.92 Å². The number of benzene rings is 1. The summed E-state index contributed by atoms with van der Waals surface area (Å²) in [5, 5.41) is 10.7. The van der Waals surface area contributed by atoms with E-state index < -0.39 is 4.92 Å². The summed E-state index contributed by atoms with van der Waals surface area (Å²) in [6.07, 6.45) is 1.40. The van der Waals surface area contributed by atoms with Crippen LogP contribution in [0.15, 0.2) is 17.8 Å². The molecule has 0 aliphatic carbocycles. The molecule has 0 aliphatic heterocycles. The summed E-state index contributed by atoms with van der Waals surface area (Å²) < 4.78 is 15.5. The van der Waals surface area contributed by atoms with Crippen LogP contribution in [-0.4, -0.2) is 26.3 Å². The zero-order chi connectivity index (χ0) is 13.7. The first-order valence-corrected chi connectivity index (χ1v) is 5.16. The van der Waals surface area contributed by atoms with Crippen molar-refractivity contribution in [3.8, 4) is 17.2 Å². The van der Waals surface area contributed by atoms with Gasteiger partial charge in [-0.3, -0.25) is 10.1 Å². The summed E-state index contributed by atoms with van der Waals surface area (Å²) >= 11 is 0. The zero-order valence-corrected chi connectivity index (χ0v) is 10.7. The summed E-state index contributed by atoms with van der Waals surface area (Å²) in [7, 11) is 4.48. The molecule has 18 heavy (non-hydrogen) atoms. The van der Waals surface area contributed by atoms with Crippen LogP contribution in [0.2, 0.25) is 0 Å². The Hall–Kier alpha value is -2.24. The van der Waals surface area contributed by atoms with E-state index in [0.29, 0.717) is 22.8 Å². The number of allylic oxidation sites excluding steroid dienone is 1. The number of nitro groups is 1. The van der Waals surface area contributed by atoms with Gasteiger partial charge in [0.05, 0.1) is 31.8 Å². The first-order valence-electron chi connectivity index (χ1n) is 5.16. The van der Waals surface area contributed by atoms with Crippen molar-refractivity contribution in [1.29, 1.82) is 0 Å². The van der Waals surface area contributed by atoms with Gasteiger partial charge >= 0.3 is 0 Å². The average molecular weight is 253 g/mol. The van der Waals surface area contributed by atoms with Crippen molar-refractivity contribution in [2.24, 2.45) is 0 Å². The van der Waals surface area contributed by atoms with Gasteiger partial charge in [-0.2, -0.15) is 0 Å². The monoisotopic (exact) mass is 253 g/mol. The molecule has 0 amide bonds. The fourth-order valence-electron chi connectivity index (χ4n) is 1.44. The van der Waals surface area contributed by atoms with Gasteiger partial charge in [0.1, 0.15) is 17.2 Å². The Kier molecular flexibility index (Phi) is 4.53. The normalized spacial score (nSPS) is 11.0. The first kappa shape index (κ1) is 13.8. The summed E-state index contributed by atoms with van der Waals surface area (Å²) in [6, 6.07) is 3.28. The summed E-state index contributed by atoms with van der Waals surface area (Å²) in [5.74, 6) is 1.46. The largest absolute Gasteiger partial charge is 0.496 e. The van der Waals surface area contributed by atoms with E-state index in [4.69, 9.17) is 14.2 Å². The lowest BCUT2D eigenvalue weighted by atomic mass is 10.1. The Morgan fingerprint density at radius 3 is 2.00 bits per heavy atom. The maximum atomic E-state index is 10.7. The number of hydrogen-bond acceptors (Lipinski definition) is 5. The highest BCUT2D eigenvalue weighted by Crippen LogP contribution is 2.35. The van der Waals surface area contributed by atoms with E-state index in [-0.39, 0.29) is 5.70 Å². The van der Waals surface area contributed by atoms with E-state index in [1.165, 1.54) is 34.3 Å². The Bertz CT molecular complexity index is 456. The summed E-state index contributed by atoms with van der Waals surface area (Å²) in [4.78, 5) is 10.2. The molecule has 0 saturated heterocycles. The van der Waals surface area contributed by atoms with E-state index in [1.807, 2.05) is 0 Å². The molecule has 0 aliphatic rings. The van der Waals surface area contributed by atoms with Crippen molar-refractivity contribution in [3.05, 3.63) is 33.5 Å². The maximum absolute atomic E-state index is 10.7. The van der Waals surface area contributed by atoms with E-state index >= 15 is 0 Å². The summed E-state index contributed by atoms with van der Waals surface area (Å²) in [5.41, 5.74) is 0.506. The molecule has 98 valence electrons. The average Bonchev–Trinajstić information content (AvgIpc) is 2.38. The fraction of sp³-hybridized carbons (Fsp3) is 0.333. The van der Waals surface area contributed by atoms with Crippen molar-refractivity contribution in [2.75, 3.05) is 21.3 Å². The molecular formula is C12H15NO5. The zero-order valence-electron chi connectivity index (χ0n) is 10.7. The minimum atomic E-state index is -0.469. The lowest BCUT2D eigenvalue weighted by Gasteiger charge is -2.12. The molecule has 0 N–H and O–H groups in total. The highest BCUT2D eigenvalue weighted by atomic mass is 16.6. The minimum absolute atomic E-state index is 0.00299. The lowest BCUT2D eigenvalue weighted by Crippen LogP contribution is -1.98. The Morgan fingerprint density at radius 1 is 1.17 bits per heavy atom. The van der Waals surface area contributed by atoms with Crippen molar-refractivity contribution in [1.82, 2.24) is 0 Å². The molecule has 1 aromatic carbocycles. The van der Waals surface area contributed by atoms with Crippen LogP contribution in [0.25, 0.3) is 6.08 Å². The highest BCUT2D eigenvalue weighted by Gasteiger charge is 2.14. The molecular weight excluding hydrogens is 238 g/mol. The van der Waals surface area contributed by atoms with Gasteiger partial charge in [0.2, 0.25) is 5.70 Å². The lowest BCUT2D eigenvalue weighted by molar-refractivity contribution is -0.422. The number of hydrogen-bond donors (Lipinski definition) is 0. The third kappa shape index (κ3) is 2.91. The van der Waals surface area contributed by atoms with Gasteiger partial charge in [-0.1, -0.05) is 0 Å². The third-order valence-corrected chi connectivity index (χ3v) is 2.39. The smallest absolute Gasteiger partial charge is 0.244 e. The Morgan fingerprint density at radius 2 is 1.67 bits per heavy atom. The van der Waals surface area contributed by atoms with Gasteiger partial charge in [0.15, 0.2) is 0 Å². The molecule has 0 unspecified atom stereocenters. The van der Waals surface area contributed by atoms with Crippen molar-refractivity contribution in [3.63, 3.8) is 0 Å². The van der Waals surface area contributed by atoms with Crippen LogP contribution in [0.5, 0.6) is 17.2 Å². The molecule has 0 heterocycles. The topological polar surface area (TPSA) is 70.8 Å². The molecule has 1 rings (SSSR count). The Labute approximate surface area is 105 Å². The standard InChI is InChI=1S/C12H15NO5/c1-8(13(14)15)5-10-11(17-3)6-9(16-2)7-12(10)18-4/h5-7H,1-4H3/b8-5-. The highest BCUT2D eigenvalue weighted by molar-refractivity contribution is 5.67. The minimum Gasteiger partial charge on any atom is -0.496 e. The quantitative estimate of drug-likeness (QED) is 0.595. The van der Waals surface area contributed by atoms with Gasteiger partial charge in [-0.05, 0) is 0 Å². The molecule has 0 aromatic heterocycles. The van der Waals surface area contributed by atoms with Gasteiger partial charge in [-0.15, -0.1) is 0 Å². The maximum Gasteiger partial charge on any atom is 0.244 e. The predicted molar refractivity (Wildman–Crippen MR) is 66.7 cm³/mol. The molecule has 0 radical (unpaired) electrons. The molecule has 0 spiro atoms. The molecule has 6 heteroatoms. The van der Waals surface area contributed by atoms with E-state index in [1.54, 1.807) is 12.1 Å². The van der Waals surface area contributed by atoms with Crippen LogP contribution in [0.1, 0.15) is 12.5 Å². The van der Waals surface area contributed by atoms with Crippen LogP contribution < -0.4 is 14.2 Å². The van der Waals surface area contributed by atoms with Crippen LogP contribution in [0.4, 0.5) is 0 Å². The second-order valence-corrected chi connectivity index (χ2v) is 3.49. The second-order valence-electron chi connectivity index (χ2n) is 3.49.